The van der Waals surface area contributed by atoms with Crippen LogP contribution in [0.4, 0.5) is 4.79 Å². The average molecular weight is 616 g/mol. The summed E-state index contributed by atoms with van der Waals surface area (Å²) in [6.45, 7) is 1.70. The zero-order valence-corrected chi connectivity index (χ0v) is 25.8. The van der Waals surface area contributed by atoms with Crippen LogP contribution < -0.4 is 10.6 Å². The van der Waals surface area contributed by atoms with Gasteiger partial charge in [-0.1, -0.05) is 48.5 Å². The van der Waals surface area contributed by atoms with E-state index in [4.69, 9.17) is 9.72 Å². The van der Waals surface area contributed by atoms with E-state index in [9.17, 15) is 9.59 Å². The van der Waals surface area contributed by atoms with Gasteiger partial charge in [-0.15, -0.1) is 0 Å². The minimum Gasteiger partial charge on any atom is -0.453 e. The Kier molecular flexibility index (Phi) is 7.29. The Labute approximate surface area is 267 Å². The SMILES string of the molecule is COC(=O)N[C@H]1CCc2ccn3c2C1C(=O)C[C@H](c1ncc(-c2ccc(-c4ccc(-c5cnc([C@@H]6CCCN6)[nH]5)cc4)cc2)[nH]1)C3. The van der Waals surface area contributed by atoms with Crippen LogP contribution in [0.15, 0.2) is 73.2 Å². The summed E-state index contributed by atoms with van der Waals surface area (Å²) in [5, 5.41) is 6.41. The largest absolute Gasteiger partial charge is 0.453 e. The lowest BCUT2D eigenvalue weighted by atomic mass is 9.79. The van der Waals surface area contributed by atoms with E-state index < -0.39 is 6.09 Å². The molecule has 10 nitrogen and oxygen atoms in total. The zero-order valence-electron chi connectivity index (χ0n) is 25.8. The topological polar surface area (TPSA) is 130 Å². The van der Waals surface area contributed by atoms with Crippen molar-refractivity contribution in [3.63, 3.8) is 0 Å². The number of benzene rings is 2. The Bertz CT molecular complexity index is 1880. The monoisotopic (exact) mass is 615 g/mol. The predicted octanol–water partition coefficient (Wildman–Crippen LogP) is 5.87. The molecule has 4 atom stereocenters. The van der Waals surface area contributed by atoms with Crippen molar-refractivity contribution >= 4 is 11.9 Å². The van der Waals surface area contributed by atoms with Gasteiger partial charge in [0.2, 0.25) is 0 Å². The lowest BCUT2D eigenvalue weighted by molar-refractivity contribution is -0.121. The second kappa shape index (κ2) is 11.8. The van der Waals surface area contributed by atoms with Crippen LogP contribution >= 0.6 is 0 Å². The molecule has 0 radical (unpaired) electrons. The molecule has 1 fully saturated rings. The number of H-pyrrole nitrogens is 2. The Morgan fingerprint density at radius 1 is 0.891 bits per heavy atom. The van der Waals surface area contributed by atoms with Crippen molar-refractivity contribution in [1.82, 2.24) is 35.1 Å². The van der Waals surface area contributed by atoms with E-state index >= 15 is 0 Å². The van der Waals surface area contributed by atoms with Crippen molar-refractivity contribution in [2.45, 2.75) is 62.6 Å². The summed E-state index contributed by atoms with van der Waals surface area (Å²) < 4.78 is 7.03. The number of Topliss-reactive ketones (excluding diaryl/α,β-unsaturated/α-hetero) is 1. The first kappa shape index (κ1) is 28.5. The van der Waals surface area contributed by atoms with Crippen LogP contribution in [-0.4, -0.2) is 56.1 Å². The number of amides is 1. The molecule has 5 heterocycles. The van der Waals surface area contributed by atoms with Gasteiger partial charge in [-0.25, -0.2) is 14.8 Å². The van der Waals surface area contributed by atoms with Crippen LogP contribution in [0.1, 0.15) is 66.5 Å². The van der Waals surface area contributed by atoms with Gasteiger partial charge in [-0.05, 0) is 66.1 Å². The summed E-state index contributed by atoms with van der Waals surface area (Å²) in [6, 6.07) is 19.2. The van der Waals surface area contributed by atoms with E-state index in [0.717, 1.165) is 70.4 Å². The smallest absolute Gasteiger partial charge is 0.407 e. The summed E-state index contributed by atoms with van der Waals surface area (Å²) >= 11 is 0. The molecule has 46 heavy (non-hydrogen) atoms. The Morgan fingerprint density at radius 3 is 2.20 bits per heavy atom. The number of ether oxygens (including phenoxy) is 1. The maximum absolute atomic E-state index is 13.7. The number of carbonyl (C=O) groups excluding carboxylic acids is 2. The molecule has 4 N–H and O–H groups in total. The molecule has 3 aliphatic rings. The number of methoxy groups -OCH3 is 1. The molecule has 10 heteroatoms. The number of alkyl carbamates (subject to hydrolysis) is 1. The zero-order chi connectivity index (χ0) is 31.2. The first-order chi connectivity index (χ1) is 22.5. The number of hydrogen-bond donors (Lipinski definition) is 4. The predicted molar refractivity (Wildman–Crippen MR) is 174 cm³/mol. The number of carbonyl (C=O) groups is 2. The van der Waals surface area contributed by atoms with Crippen LogP contribution in [0.2, 0.25) is 0 Å². The van der Waals surface area contributed by atoms with Gasteiger partial charge >= 0.3 is 6.09 Å². The third kappa shape index (κ3) is 5.22. The summed E-state index contributed by atoms with van der Waals surface area (Å²) in [4.78, 5) is 42.1. The molecule has 1 amide bonds. The number of aromatic amines is 2. The first-order valence-corrected chi connectivity index (χ1v) is 16.1. The number of rotatable bonds is 6. The molecule has 0 spiro atoms. The summed E-state index contributed by atoms with van der Waals surface area (Å²) in [6.07, 6.45) is 9.53. The van der Waals surface area contributed by atoms with E-state index in [1.807, 2.05) is 12.4 Å². The van der Waals surface area contributed by atoms with Crippen LogP contribution in [0.3, 0.4) is 0 Å². The van der Waals surface area contributed by atoms with Crippen molar-refractivity contribution in [2.24, 2.45) is 0 Å². The molecule has 8 rings (SSSR count). The molecule has 1 saturated heterocycles. The second-order valence-corrected chi connectivity index (χ2v) is 12.7. The lowest BCUT2D eigenvalue weighted by Crippen LogP contribution is -2.44. The minimum atomic E-state index is -0.501. The van der Waals surface area contributed by atoms with Gasteiger partial charge in [0, 0.05) is 36.8 Å². The fraction of sp³-hybridized carbons (Fsp3) is 0.333. The number of aryl methyl sites for hydroxylation is 1. The van der Waals surface area contributed by atoms with Gasteiger partial charge < -0.3 is 29.9 Å². The molecule has 0 bridgehead atoms. The summed E-state index contributed by atoms with van der Waals surface area (Å²) in [5.74, 6) is 1.45. The van der Waals surface area contributed by atoms with Crippen molar-refractivity contribution in [2.75, 3.05) is 13.7 Å². The van der Waals surface area contributed by atoms with E-state index in [1.165, 1.54) is 19.1 Å². The Morgan fingerprint density at radius 2 is 1.54 bits per heavy atom. The molecule has 0 saturated carbocycles. The molecule has 1 unspecified atom stereocenters. The highest BCUT2D eigenvalue weighted by atomic mass is 16.5. The molecule has 5 aromatic rings. The van der Waals surface area contributed by atoms with Gasteiger partial charge in [-0.3, -0.25) is 4.79 Å². The van der Waals surface area contributed by atoms with Crippen LogP contribution in [-0.2, 0) is 22.5 Å². The molecule has 3 aromatic heterocycles. The highest BCUT2D eigenvalue weighted by Gasteiger charge is 2.41. The van der Waals surface area contributed by atoms with E-state index in [1.54, 1.807) is 0 Å². The van der Waals surface area contributed by atoms with Crippen LogP contribution in [0, 0.1) is 0 Å². The lowest BCUT2D eigenvalue weighted by Gasteiger charge is -2.31. The minimum absolute atomic E-state index is 0.0970. The standard InChI is InChI=1S/C36H37N7O3/c1-46-36(45)42-27-13-12-25-14-16-43-20-26(17-31(44)32(27)33(25)43)34-38-18-29(40-34)23-8-4-21(5-9-23)22-6-10-24(11-7-22)30-19-39-35(41-30)28-3-2-15-37-28/h4-11,14,16,18-19,26-28,32,37H,2-3,12-13,15,17,20H2,1H3,(H,38,40)(H,39,41)(H,42,45)/t26-,27-,28-,32?/m0/s1. The third-order valence-corrected chi connectivity index (χ3v) is 9.91. The van der Waals surface area contributed by atoms with Crippen molar-refractivity contribution in [1.29, 1.82) is 0 Å². The maximum Gasteiger partial charge on any atom is 0.407 e. The first-order valence-electron chi connectivity index (χ1n) is 16.1. The Balaban J connectivity index is 0.973. The second-order valence-electron chi connectivity index (χ2n) is 12.7. The summed E-state index contributed by atoms with van der Waals surface area (Å²) in [5.41, 5.74) is 8.58. The quantitative estimate of drug-likeness (QED) is 0.189. The van der Waals surface area contributed by atoms with Gasteiger partial charge in [0.05, 0.1) is 42.9 Å². The van der Waals surface area contributed by atoms with Crippen LogP contribution in [0.5, 0.6) is 0 Å². The highest BCUT2D eigenvalue weighted by Crippen LogP contribution is 2.40. The normalized spacial score (nSPS) is 22.3. The molecule has 1 aliphatic carbocycles. The van der Waals surface area contributed by atoms with Crippen LogP contribution in [0.25, 0.3) is 33.6 Å². The molecular formula is C36H37N7O3. The number of nitrogens with zero attached hydrogens (tertiary/aromatic N) is 3. The maximum atomic E-state index is 13.7. The number of hydrogen-bond acceptors (Lipinski definition) is 6. The number of imidazole rings is 2. The molecular weight excluding hydrogens is 578 g/mol. The van der Waals surface area contributed by atoms with Gasteiger partial charge in [-0.2, -0.15) is 0 Å². The fourth-order valence-corrected chi connectivity index (χ4v) is 7.50. The Hall–Kier alpha value is -4.96. The van der Waals surface area contributed by atoms with Gasteiger partial charge in [0.15, 0.2) is 0 Å². The fourth-order valence-electron chi connectivity index (χ4n) is 7.50. The number of aromatic nitrogens is 5. The van der Waals surface area contributed by atoms with Crippen molar-refractivity contribution < 1.29 is 14.3 Å². The molecule has 2 aromatic carbocycles. The van der Waals surface area contributed by atoms with Crippen molar-refractivity contribution in [3.05, 3.63) is 96.1 Å². The van der Waals surface area contributed by atoms with Gasteiger partial charge in [0.1, 0.15) is 17.4 Å². The van der Waals surface area contributed by atoms with E-state index in [-0.39, 0.29) is 23.7 Å². The number of nitrogens with one attached hydrogen (secondary N) is 4. The van der Waals surface area contributed by atoms with E-state index in [2.05, 4.69) is 90.9 Å². The molecule has 234 valence electrons. The number of ketones is 1. The summed E-state index contributed by atoms with van der Waals surface area (Å²) in [7, 11) is 1.35. The highest BCUT2D eigenvalue weighted by molar-refractivity contribution is 5.88. The average Bonchev–Trinajstić information content (AvgIpc) is 3.91. The van der Waals surface area contributed by atoms with Crippen molar-refractivity contribution in [3.8, 4) is 33.6 Å². The molecule has 2 aliphatic heterocycles. The third-order valence-electron chi connectivity index (χ3n) is 9.91. The van der Waals surface area contributed by atoms with E-state index in [0.29, 0.717) is 25.4 Å². The van der Waals surface area contributed by atoms with Gasteiger partial charge in [0.25, 0.3) is 0 Å².